The summed E-state index contributed by atoms with van der Waals surface area (Å²) in [5.41, 5.74) is 5.88. The third-order valence-corrected chi connectivity index (χ3v) is 5.34. The quantitative estimate of drug-likeness (QED) is 0.751. The smallest absolute Gasteiger partial charge is 0.0956 e. The third-order valence-electron chi connectivity index (χ3n) is 5.34. The Kier molecular flexibility index (Phi) is 2.70. The Morgan fingerprint density at radius 3 is 2.91 bits per heavy atom. The van der Waals surface area contributed by atoms with Gasteiger partial charge < -0.3 is 9.67 Å². The minimum atomic E-state index is -0.487. The number of aromatic nitrogens is 3. The van der Waals surface area contributed by atoms with Crippen molar-refractivity contribution >= 4 is 0 Å². The number of imidazole rings is 1. The van der Waals surface area contributed by atoms with E-state index in [0.29, 0.717) is 0 Å². The van der Waals surface area contributed by atoms with Crippen molar-refractivity contribution in [2.24, 2.45) is 5.92 Å². The maximum atomic E-state index is 11.0. The molecule has 0 saturated carbocycles. The zero-order valence-electron chi connectivity index (χ0n) is 12.6. The largest absolute Gasteiger partial charge is 0.388 e. The molecule has 3 aromatic rings. The summed E-state index contributed by atoms with van der Waals surface area (Å²) in [6.07, 6.45) is 8.91. The molecular formula is C19H17N3O. The molecule has 0 amide bonds. The number of hydrogen-bond acceptors (Lipinski definition) is 3. The molecule has 3 heterocycles. The van der Waals surface area contributed by atoms with Gasteiger partial charge in [-0.05, 0) is 30.0 Å². The Bertz CT molecular complexity index is 886. The van der Waals surface area contributed by atoms with E-state index in [2.05, 4.69) is 38.8 Å². The molecule has 1 N–H and O–H groups in total. The summed E-state index contributed by atoms with van der Waals surface area (Å²) < 4.78 is 2.22. The summed E-state index contributed by atoms with van der Waals surface area (Å²) >= 11 is 0. The molecule has 23 heavy (non-hydrogen) atoms. The van der Waals surface area contributed by atoms with Crippen molar-refractivity contribution in [2.45, 2.75) is 25.0 Å². The van der Waals surface area contributed by atoms with Crippen LogP contribution in [-0.4, -0.2) is 19.6 Å². The average molecular weight is 303 g/mol. The second kappa shape index (κ2) is 4.77. The lowest BCUT2D eigenvalue weighted by atomic mass is 9.76. The van der Waals surface area contributed by atoms with E-state index < -0.39 is 6.10 Å². The third kappa shape index (κ3) is 1.75. The second-order valence-electron chi connectivity index (χ2n) is 6.44. The van der Waals surface area contributed by atoms with Gasteiger partial charge in [0.05, 0.1) is 30.4 Å². The standard InChI is InChI=1S/C19H17N3O/c23-19-15(6-5-12-7-8-20-9-16(12)19)18-14-4-2-1-3-13(14)17-10-21-11-22(17)18/h1-4,7-11,15,18-19,23H,5-6H2/t15-,18+,19-/m1/s1. The zero-order valence-corrected chi connectivity index (χ0v) is 12.6. The topological polar surface area (TPSA) is 50.9 Å². The molecule has 114 valence electrons. The molecule has 4 heteroatoms. The van der Waals surface area contributed by atoms with Gasteiger partial charge in [0.15, 0.2) is 0 Å². The number of nitrogens with zero attached hydrogens (tertiary/aromatic N) is 3. The van der Waals surface area contributed by atoms with Crippen LogP contribution in [0.15, 0.2) is 55.2 Å². The number of rotatable bonds is 1. The Balaban J connectivity index is 1.64. The number of fused-ring (bicyclic) bond motifs is 4. The predicted molar refractivity (Wildman–Crippen MR) is 86.8 cm³/mol. The lowest BCUT2D eigenvalue weighted by molar-refractivity contribution is 0.0717. The minimum absolute atomic E-state index is 0.142. The van der Waals surface area contributed by atoms with E-state index in [-0.39, 0.29) is 12.0 Å². The van der Waals surface area contributed by atoms with Gasteiger partial charge in [0.2, 0.25) is 0 Å². The first-order valence-electron chi connectivity index (χ1n) is 8.06. The SMILES string of the molecule is O[C@H]1c2cnccc2CC[C@@H]1[C@@H]1c2ccccc2-c2cncn21. The van der Waals surface area contributed by atoms with Crippen LogP contribution < -0.4 is 0 Å². The van der Waals surface area contributed by atoms with Crippen molar-refractivity contribution in [1.29, 1.82) is 0 Å². The molecule has 0 bridgehead atoms. The van der Waals surface area contributed by atoms with E-state index in [0.717, 1.165) is 24.1 Å². The summed E-state index contributed by atoms with van der Waals surface area (Å²) in [6, 6.07) is 10.6. The molecule has 4 nitrogen and oxygen atoms in total. The molecule has 0 saturated heterocycles. The maximum Gasteiger partial charge on any atom is 0.0956 e. The first kappa shape index (κ1) is 13.0. The van der Waals surface area contributed by atoms with Gasteiger partial charge in [-0.2, -0.15) is 0 Å². The van der Waals surface area contributed by atoms with Crippen LogP contribution in [0.3, 0.4) is 0 Å². The fourth-order valence-electron chi connectivity index (χ4n) is 4.28. The monoisotopic (exact) mass is 303 g/mol. The fraction of sp³-hybridized carbons (Fsp3) is 0.263. The van der Waals surface area contributed by atoms with Gasteiger partial charge in [-0.1, -0.05) is 24.3 Å². The molecule has 0 spiro atoms. The molecule has 2 aliphatic rings. The Morgan fingerprint density at radius 2 is 1.96 bits per heavy atom. The summed E-state index contributed by atoms with van der Waals surface area (Å²) in [6.45, 7) is 0. The van der Waals surface area contributed by atoms with Crippen LogP contribution in [0.25, 0.3) is 11.3 Å². The maximum absolute atomic E-state index is 11.0. The second-order valence-corrected chi connectivity index (χ2v) is 6.44. The number of aliphatic hydroxyl groups excluding tert-OH is 1. The molecular weight excluding hydrogens is 286 g/mol. The first-order valence-corrected chi connectivity index (χ1v) is 8.06. The lowest BCUT2D eigenvalue weighted by Gasteiger charge is -2.35. The van der Waals surface area contributed by atoms with E-state index in [1.54, 1.807) is 0 Å². The van der Waals surface area contributed by atoms with Crippen LogP contribution in [0, 0.1) is 5.92 Å². The highest BCUT2D eigenvalue weighted by Crippen LogP contribution is 2.49. The fourth-order valence-corrected chi connectivity index (χ4v) is 4.28. The molecule has 2 aromatic heterocycles. The molecule has 1 aliphatic heterocycles. The molecule has 0 unspecified atom stereocenters. The van der Waals surface area contributed by atoms with Gasteiger partial charge in [0.1, 0.15) is 0 Å². The normalized spacial score (nSPS) is 24.8. The number of aliphatic hydroxyl groups is 1. The molecule has 0 radical (unpaired) electrons. The number of pyridine rings is 1. The van der Waals surface area contributed by atoms with Crippen LogP contribution in [0.5, 0.6) is 0 Å². The van der Waals surface area contributed by atoms with Gasteiger partial charge in [-0.3, -0.25) is 4.98 Å². The van der Waals surface area contributed by atoms with Crippen molar-refractivity contribution in [3.8, 4) is 11.3 Å². The van der Waals surface area contributed by atoms with Crippen molar-refractivity contribution < 1.29 is 5.11 Å². The summed E-state index contributed by atoms with van der Waals surface area (Å²) in [7, 11) is 0. The van der Waals surface area contributed by atoms with E-state index in [1.807, 2.05) is 31.0 Å². The van der Waals surface area contributed by atoms with E-state index in [4.69, 9.17) is 0 Å². The zero-order chi connectivity index (χ0) is 15.4. The summed E-state index contributed by atoms with van der Waals surface area (Å²) in [5.74, 6) is 0.142. The highest BCUT2D eigenvalue weighted by atomic mass is 16.3. The number of aryl methyl sites for hydroxylation is 1. The van der Waals surface area contributed by atoms with Gasteiger partial charge in [-0.25, -0.2) is 4.98 Å². The summed E-state index contributed by atoms with van der Waals surface area (Å²) in [5, 5.41) is 11.0. The molecule has 5 rings (SSSR count). The Morgan fingerprint density at radius 1 is 1.04 bits per heavy atom. The van der Waals surface area contributed by atoms with Gasteiger partial charge in [0, 0.05) is 29.4 Å². The Hall–Kier alpha value is -2.46. The van der Waals surface area contributed by atoms with Crippen LogP contribution >= 0.6 is 0 Å². The van der Waals surface area contributed by atoms with Gasteiger partial charge >= 0.3 is 0 Å². The van der Waals surface area contributed by atoms with Crippen molar-refractivity contribution in [3.63, 3.8) is 0 Å². The molecule has 0 fully saturated rings. The molecule has 1 aliphatic carbocycles. The number of hydrogen-bond donors (Lipinski definition) is 1. The Labute approximate surface area is 134 Å². The van der Waals surface area contributed by atoms with Crippen LogP contribution in [0.2, 0.25) is 0 Å². The summed E-state index contributed by atoms with van der Waals surface area (Å²) in [4.78, 5) is 8.54. The number of benzene rings is 1. The van der Waals surface area contributed by atoms with E-state index in [1.165, 1.54) is 16.7 Å². The van der Waals surface area contributed by atoms with Crippen molar-refractivity contribution in [3.05, 3.63) is 71.9 Å². The highest BCUT2D eigenvalue weighted by Gasteiger charge is 2.40. The molecule has 1 aromatic carbocycles. The first-order chi connectivity index (χ1) is 11.3. The van der Waals surface area contributed by atoms with Crippen LogP contribution in [0.4, 0.5) is 0 Å². The van der Waals surface area contributed by atoms with E-state index in [9.17, 15) is 5.11 Å². The van der Waals surface area contributed by atoms with Gasteiger partial charge in [0.25, 0.3) is 0 Å². The van der Waals surface area contributed by atoms with Crippen LogP contribution in [0.1, 0.15) is 35.3 Å². The molecule has 3 atom stereocenters. The van der Waals surface area contributed by atoms with Crippen molar-refractivity contribution in [1.82, 2.24) is 14.5 Å². The highest BCUT2D eigenvalue weighted by molar-refractivity contribution is 5.69. The van der Waals surface area contributed by atoms with Crippen LogP contribution in [-0.2, 0) is 6.42 Å². The van der Waals surface area contributed by atoms with Crippen molar-refractivity contribution in [2.75, 3.05) is 0 Å². The van der Waals surface area contributed by atoms with Gasteiger partial charge in [-0.15, -0.1) is 0 Å². The predicted octanol–water partition coefficient (Wildman–Crippen LogP) is 3.14. The van der Waals surface area contributed by atoms with E-state index >= 15 is 0 Å². The minimum Gasteiger partial charge on any atom is -0.388 e. The average Bonchev–Trinajstić information content (AvgIpc) is 3.17. The lowest BCUT2D eigenvalue weighted by Crippen LogP contribution is -2.28.